The molecular formula is C10H20N2O2. The van der Waals surface area contributed by atoms with Gasteiger partial charge in [-0.25, -0.2) is 0 Å². The molecule has 0 saturated carbocycles. The molecule has 0 aliphatic carbocycles. The highest BCUT2D eigenvalue weighted by atomic mass is 16.5. The fourth-order valence-corrected chi connectivity index (χ4v) is 1.48. The molecule has 1 rings (SSSR count). The van der Waals surface area contributed by atoms with Crippen molar-refractivity contribution in [1.82, 2.24) is 10.2 Å². The highest BCUT2D eigenvalue weighted by Crippen LogP contribution is 2.11. The Labute approximate surface area is 85.6 Å². The minimum absolute atomic E-state index is 0.167. The van der Waals surface area contributed by atoms with Crippen LogP contribution in [0.5, 0.6) is 0 Å². The summed E-state index contributed by atoms with van der Waals surface area (Å²) in [6, 6.07) is 0.167. The summed E-state index contributed by atoms with van der Waals surface area (Å²) in [7, 11) is 3.50. The Hall–Kier alpha value is -0.610. The summed E-state index contributed by atoms with van der Waals surface area (Å²) in [5.74, 6) is 0.765. The van der Waals surface area contributed by atoms with Gasteiger partial charge in [0.15, 0.2) is 0 Å². The average molecular weight is 200 g/mol. The van der Waals surface area contributed by atoms with Gasteiger partial charge >= 0.3 is 0 Å². The molecule has 4 nitrogen and oxygen atoms in total. The van der Waals surface area contributed by atoms with E-state index in [-0.39, 0.29) is 11.9 Å². The number of likely N-dealkylation sites (N-methyl/N-ethyl adjacent to an activating group) is 1. The van der Waals surface area contributed by atoms with Crippen LogP contribution in [0.3, 0.4) is 0 Å². The predicted octanol–water partition coefficient (Wildman–Crippen LogP) is 0.0892. The maximum atomic E-state index is 11.7. The number of amides is 1. The van der Waals surface area contributed by atoms with Gasteiger partial charge in [-0.15, -0.1) is 0 Å². The second-order valence-electron chi connectivity index (χ2n) is 4.04. The van der Waals surface area contributed by atoms with E-state index < -0.39 is 0 Å². The summed E-state index contributed by atoms with van der Waals surface area (Å²) in [5.41, 5.74) is 0. The molecule has 1 aliphatic heterocycles. The van der Waals surface area contributed by atoms with Crippen LogP contribution in [0, 0.1) is 5.92 Å². The summed E-state index contributed by atoms with van der Waals surface area (Å²) < 4.78 is 5.01. The van der Waals surface area contributed by atoms with Gasteiger partial charge in [-0.2, -0.15) is 0 Å². The lowest BCUT2D eigenvalue weighted by atomic mass is 9.98. The van der Waals surface area contributed by atoms with Gasteiger partial charge in [0.05, 0.1) is 12.6 Å². The van der Waals surface area contributed by atoms with Gasteiger partial charge in [-0.1, -0.05) is 0 Å². The monoisotopic (exact) mass is 200 g/mol. The molecule has 4 heteroatoms. The number of ether oxygens (including phenoxy) is 1. The average Bonchev–Trinajstić information content (AvgIpc) is 2.10. The van der Waals surface area contributed by atoms with Crippen molar-refractivity contribution < 1.29 is 9.53 Å². The van der Waals surface area contributed by atoms with Gasteiger partial charge in [0, 0.05) is 20.6 Å². The molecule has 1 atom stereocenters. The van der Waals surface area contributed by atoms with E-state index >= 15 is 0 Å². The molecule has 0 radical (unpaired) electrons. The summed E-state index contributed by atoms with van der Waals surface area (Å²) >= 11 is 0. The number of methoxy groups -OCH3 is 1. The highest BCUT2D eigenvalue weighted by Gasteiger charge is 2.23. The first-order chi connectivity index (χ1) is 6.65. The Kier molecular flexibility index (Phi) is 4.35. The van der Waals surface area contributed by atoms with Crippen LogP contribution in [-0.2, 0) is 9.53 Å². The fraction of sp³-hybridized carbons (Fsp3) is 0.900. The zero-order valence-corrected chi connectivity index (χ0v) is 9.25. The maximum absolute atomic E-state index is 11.7. The molecule has 1 N–H and O–H groups in total. The number of hydrogen-bond donors (Lipinski definition) is 1. The SMILES string of the molecule is COCC(C)N(C)C(=O)CC1CNC1. The topological polar surface area (TPSA) is 41.6 Å². The van der Waals surface area contributed by atoms with Crippen LogP contribution in [0.15, 0.2) is 0 Å². The van der Waals surface area contributed by atoms with Crippen LogP contribution >= 0.6 is 0 Å². The number of rotatable bonds is 5. The van der Waals surface area contributed by atoms with Gasteiger partial charge < -0.3 is 15.0 Å². The van der Waals surface area contributed by atoms with Crippen molar-refractivity contribution in [3.8, 4) is 0 Å². The van der Waals surface area contributed by atoms with Gasteiger partial charge in [0.25, 0.3) is 0 Å². The number of carbonyl (C=O) groups excluding carboxylic acids is 1. The van der Waals surface area contributed by atoms with Crippen LogP contribution in [0.2, 0.25) is 0 Å². The van der Waals surface area contributed by atoms with Crippen LogP contribution in [0.1, 0.15) is 13.3 Å². The van der Waals surface area contributed by atoms with E-state index in [1.807, 2.05) is 14.0 Å². The Bertz CT molecular complexity index is 193. The van der Waals surface area contributed by atoms with Crippen LogP contribution in [0.25, 0.3) is 0 Å². The molecule has 0 aromatic carbocycles. The molecule has 0 aromatic heterocycles. The van der Waals surface area contributed by atoms with Crippen molar-refractivity contribution in [3.05, 3.63) is 0 Å². The zero-order chi connectivity index (χ0) is 10.6. The van der Waals surface area contributed by atoms with Crippen LogP contribution < -0.4 is 5.32 Å². The van der Waals surface area contributed by atoms with Crippen molar-refractivity contribution in [3.63, 3.8) is 0 Å². The summed E-state index contributed by atoms with van der Waals surface area (Å²) in [4.78, 5) is 13.5. The molecule has 82 valence electrons. The summed E-state index contributed by atoms with van der Waals surface area (Å²) in [5, 5.41) is 3.16. The normalized spacial score (nSPS) is 18.8. The molecule has 0 spiro atoms. The molecule has 1 aliphatic rings. The first kappa shape index (κ1) is 11.5. The van der Waals surface area contributed by atoms with Crippen molar-refractivity contribution >= 4 is 5.91 Å². The minimum atomic E-state index is 0.167. The van der Waals surface area contributed by atoms with E-state index in [0.29, 0.717) is 18.9 Å². The first-order valence-corrected chi connectivity index (χ1v) is 5.10. The smallest absolute Gasteiger partial charge is 0.223 e. The van der Waals surface area contributed by atoms with Gasteiger partial charge in [0.2, 0.25) is 5.91 Å². The quantitative estimate of drug-likeness (QED) is 0.684. The molecule has 14 heavy (non-hydrogen) atoms. The standard InChI is InChI=1S/C10H20N2O2/c1-8(7-14-3)12(2)10(13)4-9-5-11-6-9/h8-9,11H,4-7H2,1-3H3. The molecule has 0 aromatic rings. The van der Waals surface area contributed by atoms with Gasteiger partial charge in [-0.3, -0.25) is 4.79 Å². The number of nitrogens with zero attached hydrogens (tertiary/aromatic N) is 1. The third-order valence-electron chi connectivity index (χ3n) is 2.79. The molecule has 1 fully saturated rings. The van der Waals surface area contributed by atoms with Crippen molar-refractivity contribution in [2.75, 3.05) is 33.9 Å². The third kappa shape index (κ3) is 2.96. The fourth-order valence-electron chi connectivity index (χ4n) is 1.48. The summed E-state index contributed by atoms with van der Waals surface area (Å²) in [6.07, 6.45) is 0.664. The molecule has 1 amide bonds. The van der Waals surface area contributed by atoms with Crippen molar-refractivity contribution in [2.45, 2.75) is 19.4 Å². The maximum Gasteiger partial charge on any atom is 0.223 e. The van der Waals surface area contributed by atoms with Crippen LogP contribution in [-0.4, -0.2) is 50.7 Å². The van der Waals surface area contributed by atoms with E-state index in [4.69, 9.17) is 4.74 Å². The molecule has 0 bridgehead atoms. The third-order valence-corrected chi connectivity index (χ3v) is 2.79. The van der Waals surface area contributed by atoms with Crippen molar-refractivity contribution in [1.29, 1.82) is 0 Å². The molecular weight excluding hydrogens is 180 g/mol. The van der Waals surface area contributed by atoms with E-state index in [2.05, 4.69) is 5.32 Å². The molecule has 1 saturated heterocycles. The Balaban J connectivity index is 2.26. The second-order valence-corrected chi connectivity index (χ2v) is 4.04. The number of hydrogen-bond acceptors (Lipinski definition) is 3. The van der Waals surface area contributed by atoms with Crippen LogP contribution in [0.4, 0.5) is 0 Å². The summed E-state index contributed by atoms with van der Waals surface area (Å²) in [6.45, 7) is 4.57. The van der Waals surface area contributed by atoms with Gasteiger partial charge in [0.1, 0.15) is 0 Å². The highest BCUT2D eigenvalue weighted by molar-refractivity contribution is 5.76. The molecule has 1 unspecified atom stereocenters. The second kappa shape index (κ2) is 5.32. The Morgan fingerprint density at radius 2 is 2.29 bits per heavy atom. The number of nitrogens with one attached hydrogen (secondary N) is 1. The Morgan fingerprint density at radius 3 is 2.71 bits per heavy atom. The zero-order valence-electron chi connectivity index (χ0n) is 9.25. The first-order valence-electron chi connectivity index (χ1n) is 5.10. The van der Waals surface area contributed by atoms with E-state index in [1.54, 1.807) is 12.0 Å². The predicted molar refractivity (Wildman–Crippen MR) is 55.1 cm³/mol. The Morgan fingerprint density at radius 1 is 1.64 bits per heavy atom. The minimum Gasteiger partial charge on any atom is -0.383 e. The number of carbonyl (C=O) groups is 1. The lowest BCUT2D eigenvalue weighted by molar-refractivity contribution is -0.134. The largest absolute Gasteiger partial charge is 0.383 e. The van der Waals surface area contributed by atoms with Gasteiger partial charge in [-0.05, 0) is 25.9 Å². The lowest BCUT2D eigenvalue weighted by Crippen LogP contribution is -2.46. The molecule has 1 heterocycles. The van der Waals surface area contributed by atoms with E-state index in [1.165, 1.54) is 0 Å². The van der Waals surface area contributed by atoms with E-state index in [9.17, 15) is 4.79 Å². The lowest BCUT2D eigenvalue weighted by Gasteiger charge is -2.30. The van der Waals surface area contributed by atoms with Crippen molar-refractivity contribution in [2.24, 2.45) is 5.92 Å². The van der Waals surface area contributed by atoms with E-state index in [0.717, 1.165) is 13.1 Å².